The molecule has 1 heterocycles. The second-order valence-corrected chi connectivity index (χ2v) is 6.59. The fourth-order valence-electron chi connectivity index (χ4n) is 1.99. The molecule has 0 fully saturated rings. The molecule has 0 spiro atoms. The van der Waals surface area contributed by atoms with Crippen molar-refractivity contribution in [1.82, 2.24) is 4.98 Å². The lowest BCUT2D eigenvalue weighted by atomic mass is 10.1. The van der Waals surface area contributed by atoms with E-state index in [1.807, 2.05) is 24.3 Å². The molecule has 2 aromatic carbocycles. The average Bonchev–Trinajstić information content (AvgIpc) is 2.46. The summed E-state index contributed by atoms with van der Waals surface area (Å²) in [7, 11) is -3.69. The summed E-state index contributed by atoms with van der Waals surface area (Å²) >= 11 is 5.82. The van der Waals surface area contributed by atoms with Crippen LogP contribution in [-0.4, -0.2) is 13.4 Å². The molecular formula is C15H11ClN2O2S. The molecule has 21 heavy (non-hydrogen) atoms. The Balaban J connectivity index is 2.00. The fourth-order valence-corrected chi connectivity index (χ4v) is 3.19. The lowest BCUT2D eigenvalue weighted by Crippen LogP contribution is -2.13. The quantitative estimate of drug-likeness (QED) is 0.801. The summed E-state index contributed by atoms with van der Waals surface area (Å²) in [5.41, 5.74) is 0. The largest absolute Gasteiger partial charge is 0.263 e. The van der Waals surface area contributed by atoms with E-state index in [0.717, 1.165) is 10.8 Å². The number of sulfonamides is 1. The average molecular weight is 319 g/mol. The van der Waals surface area contributed by atoms with Gasteiger partial charge >= 0.3 is 0 Å². The van der Waals surface area contributed by atoms with Gasteiger partial charge in [-0.25, -0.2) is 13.4 Å². The SMILES string of the molecule is O=S(=O)(Nc1cc(Cl)ccn1)c1ccc2ccccc2c1. The molecule has 0 aliphatic rings. The molecule has 0 saturated heterocycles. The number of hydrogen-bond acceptors (Lipinski definition) is 3. The van der Waals surface area contributed by atoms with E-state index < -0.39 is 10.0 Å². The second-order valence-electron chi connectivity index (χ2n) is 4.47. The predicted molar refractivity (Wildman–Crippen MR) is 84.0 cm³/mol. The van der Waals surface area contributed by atoms with Crippen LogP contribution in [0.1, 0.15) is 0 Å². The summed E-state index contributed by atoms with van der Waals surface area (Å²) in [5.74, 6) is 0.190. The molecule has 0 amide bonds. The van der Waals surface area contributed by atoms with Crippen molar-refractivity contribution in [2.75, 3.05) is 4.72 Å². The first kappa shape index (κ1) is 13.9. The third-order valence-corrected chi connectivity index (χ3v) is 4.58. The van der Waals surface area contributed by atoms with Gasteiger partial charge in [0.1, 0.15) is 5.82 Å². The maximum atomic E-state index is 12.4. The number of fused-ring (bicyclic) bond motifs is 1. The van der Waals surface area contributed by atoms with Crippen LogP contribution >= 0.6 is 11.6 Å². The summed E-state index contributed by atoms with van der Waals surface area (Å²) in [5, 5.41) is 2.26. The minimum atomic E-state index is -3.69. The van der Waals surface area contributed by atoms with Crippen LogP contribution in [0.25, 0.3) is 10.8 Å². The number of nitrogens with one attached hydrogen (secondary N) is 1. The zero-order valence-corrected chi connectivity index (χ0v) is 12.4. The molecule has 0 radical (unpaired) electrons. The third-order valence-electron chi connectivity index (χ3n) is 2.99. The minimum Gasteiger partial charge on any atom is -0.263 e. The lowest BCUT2D eigenvalue weighted by Gasteiger charge is -2.08. The Bertz CT molecular complexity index is 910. The number of halogens is 1. The van der Waals surface area contributed by atoms with Gasteiger partial charge in [-0.05, 0) is 29.0 Å². The van der Waals surface area contributed by atoms with E-state index in [9.17, 15) is 8.42 Å². The van der Waals surface area contributed by atoms with Gasteiger partial charge in [0.2, 0.25) is 0 Å². The first-order chi connectivity index (χ1) is 10.0. The van der Waals surface area contributed by atoms with Crippen molar-refractivity contribution in [3.05, 3.63) is 65.8 Å². The maximum absolute atomic E-state index is 12.4. The van der Waals surface area contributed by atoms with Crippen molar-refractivity contribution in [3.8, 4) is 0 Å². The first-order valence-corrected chi connectivity index (χ1v) is 8.04. The van der Waals surface area contributed by atoms with Crippen LogP contribution in [0.2, 0.25) is 5.02 Å². The highest BCUT2D eigenvalue weighted by molar-refractivity contribution is 7.92. The summed E-state index contributed by atoms with van der Waals surface area (Å²) < 4.78 is 27.1. The van der Waals surface area contributed by atoms with E-state index in [4.69, 9.17) is 11.6 Å². The van der Waals surface area contributed by atoms with Crippen LogP contribution in [0.15, 0.2) is 65.7 Å². The number of pyridine rings is 1. The second kappa shape index (κ2) is 5.35. The molecule has 106 valence electrons. The van der Waals surface area contributed by atoms with Gasteiger partial charge in [-0.15, -0.1) is 0 Å². The molecule has 6 heteroatoms. The van der Waals surface area contributed by atoms with Crippen LogP contribution in [0.3, 0.4) is 0 Å². The minimum absolute atomic E-state index is 0.183. The molecule has 4 nitrogen and oxygen atoms in total. The van der Waals surface area contributed by atoms with Crippen molar-refractivity contribution in [2.45, 2.75) is 4.90 Å². The van der Waals surface area contributed by atoms with Crippen molar-refractivity contribution < 1.29 is 8.42 Å². The number of anilines is 1. The summed E-state index contributed by atoms with van der Waals surface area (Å²) in [4.78, 5) is 4.12. The highest BCUT2D eigenvalue weighted by Gasteiger charge is 2.15. The predicted octanol–water partition coefficient (Wildman–Crippen LogP) is 3.69. The van der Waals surface area contributed by atoms with E-state index in [1.54, 1.807) is 24.3 Å². The smallest absolute Gasteiger partial charge is 0.263 e. The Hall–Kier alpha value is -2.11. The number of hydrogen-bond donors (Lipinski definition) is 1. The van der Waals surface area contributed by atoms with Crippen molar-refractivity contribution in [3.63, 3.8) is 0 Å². The Morgan fingerprint density at radius 1 is 0.952 bits per heavy atom. The normalized spacial score (nSPS) is 11.5. The van der Waals surface area contributed by atoms with Gasteiger partial charge in [-0.1, -0.05) is 41.9 Å². The molecule has 3 aromatic rings. The van der Waals surface area contributed by atoms with Gasteiger partial charge in [0.25, 0.3) is 10.0 Å². The van der Waals surface area contributed by atoms with Gasteiger partial charge in [0.05, 0.1) is 4.90 Å². The third kappa shape index (κ3) is 2.99. The van der Waals surface area contributed by atoms with Crippen LogP contribution in [0.5, 0.6) is 0 Å². The van der Waals surface area contributed by atoms with E-state index in [1.165, 1.54) is 12.3 Å². The van der Waals surface area contributed by atoms with Crippen LogP contribution in [0.4, 0.5) is 5.82 Å². The van der Waals surface area contributed by atoms with Gasteiger partial charge < -0.3 is 0 Å². The Morgan fingerprint density at radius 2 is 1.71 bits per heavy atom. The van der Waals surface area contributed by atoms with E-state index >= 15 is 0 Å². The molecule has 0 aliphatic carbocycles. The molecule has 0 bridgehead atoms. The highest BCUT2D eigenvalue weighted by atomic mass is 35.5. The standard InChI is InChI=1S/C15H11ClN2O2S/c16-13-7-8-17-15(10-13)18-21(19,20)14-6-5-11-3-1-2-4-12(11)9-14/h1-10H,(H,17,18). The Labute approximate surface area is 127 Å². The Kier molecular flexibility index (Phi) is 3.53. The van der Waals surface area contributed by atoms with Crippen LogP contribution in [0, 0.1) is 0 Å². The Morgan fingerprint density at radius 3 is 2.48 bits per heavy atom. The number of nitrogens with zero attached hydrogens (tertiary/aromatic N) is 1. The number of rotatable bonds is 3. The number of benzene rings is 2. The molecule has 0 atom stereocenters. The van der Waals surface area contributed by atoms with Crippen LogP contribution < -0.4 is 4.72 Å². The zero-order valence-electron chi connectivity index (χ0n) is 10.8. The first-order valence-electron chi connectivity index (χ1n) is 6.18. The fraction of sp³-hybridized carbons (Fsp3) is 0. The lowest BCUT2D eigenvalue weighted by molar-refractivity contribution is 0.601. The van der Waals surface area contributed by atoms with Crippen molar-refractivity contribution in [1.29, 1.82) is 0 Å². The summed E-state index contributed by atoms with van der Waals surface area (Å²) in [6, 6.07) is 15.6. The van der Waals surface area contributed by atoms with E-state index in [2.05, 4.69) is 9.71 Å². The van der Waals surface area contributed by atoms with E-state index in [0.29, 0.717) is 5.02 Å². The van der Waals surface area contributed by atoms with E-state index in [-0.39, 0.29) is 10.7 Å². The molecule has 0 unspecified atom stereocenters. The zero-order chi connectivity index (χ0) is 14.9. The summed E-state index contributed by atoms with van der Waals surface area (Å²) in [6.07, 6.45) is 1.45. The molecule has 0 aliphatic heterocycles. The van der Waals surface area contributed by atoms with Gasteiger partial charge in [0, 0.05) is 17.3 Å². The molecule has 0 saturated carbocycles. The van der Waals surface area contributed by atoms with Gasteiger partial charge in [-0.2, -0.15) is 0 Å². The maximum Gasteiger partial charge on any atom is 0.263 e. The van der Waals surface area contributed by atoms with Gasteiger partial charge in [-0.3, -0.25) is 4.72 Å². The van der Waals surface area contributed by atoms with Crippen LogP contribution in [-0.2, 0) is 10.0 Å². The van der Waals surface area contributed by atoms with Crippen molar-refractivity contribution >= 4 is 38.2 Å². The number of aromatic nitrogens is 1. The molecule has 3 rings (SSSR count). The topological polar surface area (TPSA) is 59.1 Å². The van der Waals surface area contributed by atoms with Gasteiger partial charge in [0.15, 0.2) is 0 Å². The monoisotopic (exact) mass is 318 g/mol. The highest BCUT2D eigenvalue weighted by Crippen LogP contribution is 2.21. The molecule has 1 N–H and O–H groups in total. The van der Waals surface area contributed by atoms with Crippen molar-refractivity contribution in [2.24, 2.45) is 0 Å². The summed E-state index contributed by atoms with van der Waals surface area (Å²) in [6.45, 7) is 0. The molecule has 1 aromatic heterocycles. The molecular weight excluding hydrogens is 308 g/mol.